The Labute approximate surface area is 81.2 Å². The van der Waals surface area contributed by atoms with Crippen LogP contribution in [0.25, 0.3) is 0 Å². The number of hydrogen-bond acceptors (Lipinski definition) is 1. The van der Waals surface area contributed by atoms with Gasteiger partial charge in [-0.25, -0.2) is 0 Å². The largest absolute Gasteiger partial charge is 0.371 e. The van der Waals surface area contributed by atoms with Crippen LogP contribution in [0.2, 0.25) is 0 Å². The van der Waals surface area contributed by atoms with Gasteiger partial charge in [-0.1, -0.05) is 13.0 Å². The summed E-state index contributed by atoms with van der Waals surface area (Å²) in [6.07, 6.45) is 7.36. The summed E-state index contributed by atoms with van der Waals surface area (Å²) in [5.74, 6) is 1.64. The first-order valence-corrected chi connectivity index (χ1v) is 5.43. The van der Waals surface area contributed by atoms with E-state index in [1.54, 1.807) is 0 Å². The van der Waals surface area contributed by atoms with Crippen LogP contribution in [0.5, 0.6) is 0 Å². The molecule has 1 heteroatoms. The maximum absolute atomic E-state index is 6.11. The Balaban J connectivity index is 2.12. The minimum atomic E-state index is 0.182. The van der Waals surface area contributed by atoms with Gasteiger partial charge in [-0.15, -0.1) is 6.58 Å². The summed E-state index contributed by atoms with van der Waals surface area (Å²) in [7, 11) is 0. The summed E-state index contributed by atoms with van der Waals surface area (Å²) in [5.41, 5.74) is 0.182. The minimum absolute atomic E-state index is 0.182. The van der Waals surface area contributed by atoms with E-state index in [2.05, 4.69) is 20.4 Å². The van der Waals surface area contributed by atoms with Gasteiger partial charge >= 0.3 is 0 Å². The second kappa shape index (κ2) is 3.13. The van der Waals surface area contributed by atoms with Crippen molar-refractivity contribution >= 4 is 0 Å². The third-order valence-electron chi connectivity index (χ3n) is 3.80. The van der Waals surface area contributed by atoms with Gasteiger partial charge in [-0.2, -0.15) is 0 Å². The lowest BCUT2D eigenvalue weighted by molar-refractivity contribution is -0.202. The predicted molar refractivity (Wildman–Crippen MR) is 54.6 cm³/mol. The second-order valence-corrected chi connectivity index (χ2v) is 5.01. The van der Waals surface area contributed by atoms with Crippen LogP contribution in [-0.2, 0) is 4.74 Å². The van der Waals surface area contributed by atoms with Crippen LogP contribution >= 0.6 is 0 Å². The summed E-state index contributed by atoms with van der Waals surface area (Å²) in [4.78, 5) is 0. The molecule has 3 rings (SSSR count). The fourth-order valence-corrected chi connectivity index (χ4v) is 3.19. The molecule has 0 aromatic carbocycles. The molecule has 2 bridgehead atoms. The van der Waals surface area contributed by atoms with E-state index in [4.69, 9.17) is 4.74 Å². The standard InChI is InChI=1S/C12H20O/c1-4-5-11-10-6-7-12(3,13-11)8-9(10)2/h4,9-11H,1,5-8H2,2-3H3/t9-,10-,11+,12+/m0/s1. The molecule has 3 fully saturated rings. The highest BCUT2D eigenvalue weighted by atomic mass is 16.5. The first kappa shape index (κ1) is 9.26. The highest BCUT2D eigenvalue weighted by Gasteiger charge is 2.46. The normalized spacial score (nSPS) is 49.2. The van der Waals surface area contributed by atoms with Gasteiger partial charge in [0.1, 0.15) is 0 Å². The maximum atomic E-state index is 6.11. The molecule has 1 aliphatic carbocycles. The van der Waals surface area contributed by atoms with E-state index in [1.807, 2.05) is 6.08 Å². The second-order valence-electron chi connectivity index (χ2n) is 5.01. The van der Waals surface area contributed by atoms with Crippen molar-refractivity contribution < 1.29 is 4.74 Å². The van der Waals surface area contributed by atoms with Crippen LogP contribution in [0.1, 0.15) is 39.5 Å². The molecule has 0 radical (unpaired) electrons. The van der Waals surface area contributed by atoms with E-state index in [0.29, 0.717) is 6.10 Å². The van der Waals surface area contributed by atoms with Crippen LogP contribution < -0.4 is 0 Å². The summed E-state index contributed by atoms with van der Waals surface area (Å²) < 4.78 is 6.11. The Bertz CT molecular complexity index is 211. The van der Waals surface area contributed by atoms with Crippen LogP contribution in [0, 0.1) is 11.8 Å². The molecule has 0 spiro atoms. The Morgan fingerprint density at radius 3 is 2.92 bits per heavy atom. The Morgan fingerprint density at radius 2 is 2.38 bits per heavy atom. The van der Waals surface area contributed by atoms with Crippen molar-refractivity contribution in [3.8, 4) is 0 Å². The Morgan fingerprint density at radius 1 is 1.62 bits per heavy atom. The molecule has 0 aromatic rings. The molecular weight excluding hydrogens is 160 g/mol. The van der Waals surface area contributed by atoms with E-state index in [0.717, 1.165) is 18.3 Å². The average molecular weight is 180 g/mol. The minimum Gasteiger partial charge on any atom is -0.371 e. The summed E-state index contributed by atoms with van der Waals surface area (Å²) >= 11 is 0. The monoisotopic (exact) mass is 180 g/mol. The molecule has 3 aliphatic rings. The molecule has 0 aromatic heterocycles. The topological polar surface area (TPSA) is 9.23 Å². The zero-order valence-corrected chi connectivity index (χ0v) is 8.75. The van der Waals surface area contributed by atoms with Gasteiger partial charge in [0.05, 0.1) is 11.7 Å². The molecule has 1 nitrogen and oxygen atoms in total. The fourth-order valence-electron chi connectivity index (χ4n) is 3.19. The zero-order chi connectivity index (χ0) is 9.47. The third kappa shape index (κ3) is 1.54. The highest BCUT2D eigenvalue weighted by molar-refractivity contribution is 4.98. The van der Waals surface area contributed by atoms with Gasteiger partial charge in [0.15, 0.2) is 0 Å². The van der Waals surface area contributed by atoms with E-state index in [-0.39, 0.29) is 5.60 Å². The fraction of sp³-hybridized carbons (Fsp3) is 0.833. The molecule has 4 atom stereocenters. The molecule has 13 heavy (non-hydrogen) atoms. The number of hydrogen-bond donors (Lipinski definition) is 0. The Kier molecular flexibility index (Phi) is 2.23. The van der Waals surface area contributed by atoms with Crippen LogP contribution in [0.15, 0.2) is 12.7 Å². The van der Waals surface area contributed by atoms with E-state index < -0.39 is 0 Å². The summed E-state index contributed by atoms with van der Waals surface area (Å²) in [6, 6.07) is 0. The van der Waals surface area contributed by atoms with Crippen molar-refractivity contribution in [2.45, 2.75) is 51.2 Å². The lowest BCUT2D eigenvalue weighted by Gasteiger charge is -2.52. The van der Waals surface area contributed by atoms with Crippen LogP contribution in [0.4, 0.5) is 0 Å². The highest BCUT2D eigenvalue weighted by Crippen LogP contribution is 2.48. The number of ether oxygens (including phenoxy) is 1. The average Bonchev–Trinajstić information content (AvgIpc) is 2.02. The van der Waals surface area contributed by atoms with E-state index in [1.165, 1.54) is 19.3 Å². The first-order chi connectivity index (χ1) is 6.14. The van der Waals surface area contributed by atoms with Gasteiger partial charge in [0.2, 0.25) is 0 Å². The van der Waals surface area contributed by atoms with Crippen molar-refractivity contribution in [2.75, 3.05) is 0 Å². The molecule has 0 amide bonds. The molecule has 2 heterocycles. The van der Waals surface area contributed by atoms with Gasteiger partial charge < -0.3 is 4.74 Å². The van der Waals surface area contributed by atoms with Crippen molar-refractivity contribution in [1.29, 1.82) is 0 Å². The smallest absolute Gasteiger partial charge is 0.0661 e. The SMILES string of the molecule is C=CC[C@H]1O[C@]2(C)CC[C@H]1[C@@H](C)C2. The lowest BCUT2D eigenvalue weighted by atomic mass is 9.67. The maximum Gasteiger partial charge on any atom is 0.0661 e. The molecule has 2 aliphatic heterocycles. The van der Waals surface area contributed by atoms with Gasteiger partial charge in [-0.05, 0) is 44.4 Å². The van der Waals surface area contributed by atoms with Gasteiger partial charge in [0.25, 0.3) is 0 Å². The van der Waals surface area contributed by atoms with Gasteiger partial charge in [0, 0.05) is 0 Å². The quantitative estimate of drug-likeness (QED) is 0.593. The summed E-state index contributed by atoms with van der Waals surface area (Å²) in [6.45, 7) is 8.45. The van der Waals surface area contributed by atoms with E-state index in [9.17, 15) is 0 Å². The number of rotatable bonds is 2. The van der Waals surface area contributed by atoms with Crippen molar-refractivity contribution in [3.63, 3.8) is 0 Å². The lowest BCUT2D eigenvalue weighted by Crippen LogP contribution is -2.52. The molecule has 74 valence electrons. The van der Waals surface area contributed by atoms with Crippen molar-refractivity contribution in [1.82, 2.24) is 0 Å². The van der Waals surface area contributed by atoms with E-state index >= 15 is 0 Å². The molecular formula is C12H20O. The van der Waals surface area contributed by atoms with Crippen LogP contribution in [0.3, 0.4) is 0 Å². The first-order valence-electron chi connectivity index (χ1n) is 5.43. The molecule has 2 saturated heterocycles. The zero-order valence-electron chi connectivity index (χ0n) is 8.75. The predicted octanol–water partition coefficient (Wildman–Crippen LogP) is 3.16. The van der Waals surface area contributed by atoms with Crippen molar-refractivity contribution in [2.24, 2.45) is 11.8 Å². The van der Waals surface area contributed by atoms with Crippen molar-refractivity contribution in [3.05, 3.63) is 12.7 Å². The van der Waals surface area contributed by atoms with Crippen LogP contribution in [-0.4, -0.2) is 11.7 Å². The molecule has 0 N–H and O–H groups in total. The number of fused-ring (bicyclic) bond motifs is 3. The Hall–Kier alpha value is -0.300. The molecule has 0 unspecified atom stereocenters. The van der Waals surface area contributed by atoms with Gasteiger partial charge in [-0.3, -0.25) is 0 Å². The third-order valence-corrected chi connectivity index (χ3v) is 3.80. The molecule has 1 saturated carbocycles. The summed E-state index contributed by atoms with van der Waals surface area (Å²) in [5, 5.41) is 0.